The third-order valence-electron chi connectivity index (χ3n) is 15.0. The van der Waals surface area contributed by atoms with Gasteiger partial charge in [0.2, 0.25) is 11.9 Å². The molecule has 0 aliphatic carbocycles. The molecule has 360 valence electrons. The second-order valence-electron chi connectivity index (χ2n) is 19.1. The highest BCUT2D eigenvalue weighted by Gasteiger charge is 2.39. The van der Waals surface area contributed by atoms with Crippen LogP contribution < -0.4 is 0 Å². The van der Waals surface area contributed by atoms with E-state index in [1.54, 1.807) is 0 Å². The first kappa shape index (κ1) is 45.0. The molecule has 0 radical (unpaired) electrons. The van der Waals surface area contributed by atoms with Gasteiger partial charge in [-0.25, -0.2) is 19.9 Å². The SMILES string of the molecule is c1ccc(C(c2ccccc2)(c2ccccc2)c2cnc(-n3c4ccccc4c4cc(-c5ccc6c(c5)c5ccccc5n6-c5ncc(S(c6ccccc6)(c6ccccc6)c6ccccc6)cn5)ccc43)nc2)cc1. The molecule has 0 N–H and O–H groups in total. The van der Waals surface area contributed by atoms with E-state index in [4.69, 9.17) is 19.9 Å². The van der Waals surface area contributed by atoms with Crippen LogP contribution in [0, 0.1) is 0 Å². The number of rotatable bonds is 11. The fourth-order valence-corrected chi connectivity index (χ4v) is 15.5. The summed E-state index contributed by atoms with van der Waals surface area (Å²) < 4.78 is 4.40. The van der Waals surface area contributed by atoms with Crippen LogP contribution in [0.1, 0.15) is 22.3 Å². The van der Waals surface area contributed by atoms with Crippen LogP contribution in [-0.2, 0) is 5.41 Å². The standard InChI is InChI=1S/C69H48N6S/c1-7-23-51(24-8-1)69(52-25-9-2-10-26-52,53-27-11-3-12-28-53)54-45-70-67(71-46-54)74-63-37-21-19-35-59(63)61-43-49(39-41-65(61)74)50-40-42-66-62(44-50)60-36-20-22-38-64(60)75(66)68-72-47-58(48-73-68)76(55-29-13-4-14-30-55,56-31-15-5-16-32-56)57-33-17-6-18-34-57/h1-48H. The van der Waals surface area contributed by atoms with E-state index < -0.39 is 15.4 Å². The lowest BCUT2D eigenvalue weighted by Crippen LogP contribution is -2.31. The van der Waals surface area contributed by atoms with Crippen molar-refractivity contribution in [3.8, 4) is 23.0 Å². The molecule has 7 heteroatoms. The zero-order chi connectivity index (χ0) is 50.5. The predicted molar refractivity (Wildman–Crippen MR) is 310 cm³/mol. The quantitative estimate of drug-likeness (QED) is 0.121. The predicted octanol–water partition coefficient (Wildman–Crippen LogP) is 16.9. The molecule has 14 aromatic rings. The molecule has 10 aromatic carbocycles. The second-order valence-corrected chi connectivity index (χ2v) is 22.2. The van der Waals surface area contributed by atoms with Gasteiger partial charge in [0.15, 0.2) is 0 Å². The Bertz CT molecular complexity index is 3880. The molecule has 0 amide bonds. The third kappa shape index (κ3) is 7.12. The topological polar surface area (TPSA) is 61.4 Å². The first-order valence-corrected chi connectivity index (χ1v) is 27.2. The molecular formula is C69H48N6S. The van der Waals surface area contributed by atoms with Crippen molar-refractivity contribution < 1.29 is 0 Å². The summed E-state index contributed by atoms with van der Waals surface area (Å²) in [6.07, 6.45) is 8.14. The summed E-state index contributed by atoms with van der Waals surface area (Å²) in [6, 6.07) is 95.2. The van der Waals surface area contributed by atoms with Crippen LogP contribution in [0.2, 0.25) is 0 Å². The van der Waals surface area contributed by atoms with Crippen molar-refractivity contribution >= 4 is 53.6 Å². The molecule has 4 aromatic heterocycles. The second kappa shape index (κ2) is 18.7. The summed E-state index contributed by atoms with van der Waals surface area (Å²) in [6.45, 7) is 0. The van der Waals surface area contributed by atoms with Gasteiger partial charge < -0.3 is 0 Å². The highest BCUT2D eigenvalue weighted by atomic mass is 32.3. The van der Waals surface area contributed by atoms with Gasteiger partial charge in [-0.1, -0.05) is 194 Å². The van der Waals surface area contributed by atoms with E-state index in [-0.39, 0.29) is 0 Å². The van der Waals surface area contributed by atoms with E-state index in [0.29, 0.717) is 11.9 Å². The van der Waals surface area contributed by atoms with Crippen LogP contribution >= 0.6 is 10.0 Å². The zero-order valence-electron chi connectivity index (χ0n) is 41.3. The van der Waals surface area contributed by atoms with Gasteiger partial charge >= 0.3 is 0 Å². The molecule has 0 saturated heterocycles. The Morgan fingerprint density at radius 3 is 0.961 bits per heavy atom. The fraction of sp³-hybridized carbons (Fsp3) is 0.0145. The largest absolute Gasteiger partial charge is 0.278 e. The summed E-state index contributed by atoms with van der Waals surface area (Å²) in [4.78, 5) is 25.7. The van der Waals surface area contributed by atoms with E-state index in [1.807, 2.05) is 12.4 Å². The van der Waals surface area contributed by atoms with Crippen LogP contribution in [0.3, 0.4) is 0 Å². The number of nitrogens with zero attached hydrogens (tertiary/aromatic N) is 6. The molecule has 0 fully saturated rings. The molecule has 0 spiro atoms. The molecule has 0 bridgehead atoms. The first-order chi connectivity index (χ1) is 37.7. The Kier molecular flexibility index (Phi) is 11.0. The minimum Gasteiger partial charge on any atom is -0.278 e. The monoisotopic (exact) mass is 992 g/mol. The van der Waals surface area contributed by atoms with Gasteiger partial charge in [0, 0.05) is 71.5 Å². The van der Waals surface area contributed by atoms with Crippen LogP contribution in [0.25, 0.3) is 66.6 Å². The van der Waals surface area contributed by atoms with E-state index in [1.165, 1.54) is 14.7 Å². The van der Waals surface area contributed by atoms with Gasteiger partial charge in [-0.3, -0.25) is 9.13 Å². The number of fused-ring (bicyclic) bond motifs is 6. The summed E-state index contributed by atoms with van der Waals surface area (Å²) in [5.41, 5.74) is 10.2. The molecule has 4 heterocycles. The smallest absolute Gasteiger partial charge is 0.234 e. The fourth-order valence-electron chi connectivity index (χ4n) is 11.7. The highest BCUT2D eigenvalue weighted by molar-refractivity contribution is 8.34. The Labute approximate surface area is 442 Å². The molecule has 0 aliphatic heterocycles. The zero-order valence-corrected chi connectivity index (χ0v) is 42.1. The number of hydrogen-bond acceptors (Lipinski definition) is 4. The maximum atomic E-state index is 5.25. The number of aromatic nitrogens is 6. The van der Waals surface area contributed by atoms with Crippen LogP contribution in [0.4, 0.5) is 0 Å². The Morgan fingerprint density at radius 1 is 0.263 bits per heavy atom. The first-order valence-electron chi connectivity index (χ1n) is 25.6. The Balaban J connectivity index is 0.865. The van der Waals surface area contributed by atoms with Crippen molar-refractivity contribution in [3.05, 3.63) is 314 Å². The van der Waals surface area contributed by atoms with Crippen LogP contribution in [0.15, 0.2) is 311 Å². The van der Waals surface area contributed by atoms with Gasteiger partial charge in [0.05, 0.1) is 27.5 Å². The minimum atomic E-state index is -1.94. The molecule has 0 aliphatic rings. The van der Waals surface area contributed by atoms with Gasteiger partial charge in [0.1, 0.15) is 0 Å². The molecule has 76 heavy (non-hydrogen) atoms. The maximum absolute atomic E-state index is 5.25. The van der Waals surface area contributed by atoms with Gasteiger partial charge in [0.25, 0.3) is 0 Å². The van der Waals surface area contributed by atoms with Crippen LogP contribution in [0.5, 0.6) is 0 Å². The van der Waals surface area contributed by atoms with Crippen molar-refractivity contribution in [2.45, 2.75) is 25.0 Å². The molecular weight excluding hydrogens is 945 g/mol. The van der Waals surface area contributed by atoms with Gasteiger partial charge in [-0.15, -0.1) is 10.0 Å². The summed E-state index contributed by atoms with van der Waals surface area (Å²) >= 11 is 0. The molecule has 14 rings (SSSR count). The maximum Gasteiger partial charge on any atom is 0.234 e. The van der Waals surface area contributed by atoms with E-state index in [2.05, 4.69) is 288 Å². The number of para-hydroxylation sites is 2. The Morgan fingerprint density at radius 2 is 0.579 bits per heavy atom. The minimum absolute atomic E-state index is 0.613. The van der Waals surface area contributed by atoms with Gasteiger partial charge in [-0.05, 0) is 101 Å². The third-order valence-corrected chi connectivity index (χ3v) is 18.9. The molecule has 6 nitrogen and oxygen atoms in total. The van der Waals surface area contributed by atoms with E-state index in [9.17, 15) is 0 Å². The summed E-state index contributed by atoms with van der Waals surface area (Å²) in [7, 11) is -1.94. The lowest BCUT2D eigenvalue weighted by atomic mass is 9.66. The summed E-state index contributed by atoms with van der Waals surface area (Å²) in [5, 5.41) is 4.53. The average molecular weight is 993 g/mol. The van der Waals surface area contributed by atoms with E-state index in [0.717, 1.165) is 81.9 Å². The number of hydrogen-bond donors (Lipinski definition) is 0. The lowest BCUT2D eigenvalue weighted by Gasteiger charge is -2.41. The molecule has 0 unspecified atom stereocenters. The highest BCUT2D eigenvalue weighted by Crippen LogP contribution is 2.73. The van der Waals surface area contributed by atoms with Crippen molar-refractivity contribution in [1.82, 2.24) is 29.1 Å². The van der Waals surface area contributed by atoms with Gasteiger partial charge in [-0.2, -0.15) is 0 Å². The van der Waals surface area contributed by atoms with Crippen molar-refractivity contribution in [2.24, 2.45) is 0 Å². The van der Waals surface area contributed by atoms with Crippen molar-refractivity contribution in [1.29, 1.82) is 0 Å². The number of benzene rings is 10. The van der Waals surface area contributed by atoms with Crippen molar-refractivity contribution in [2.75, 3.05) is 0 Å². The lowest BCUT2D eigenvalue weighted by molar-refractivity contribution is 0.730. The van der Waals surface area contributed by atoms with Crippen LogP contribution in [-0.4, -0.2) is 29.1 Å². The normalized spacial score (nSPS) is 12.2. The summed E-state index contributed by atoms with van der Waals surface area (Å²) in [5.74, 6) is 1.24. The van der Waals surface area contributed by atoms with Crippen molar-refractivity contribution in [3.63, 3.8) is 0 Å². The Hall–Kier alpha value is -9.69. The average Bonchev–Trinajstić information content (AvgIpc) is 4.02. The van der Waals surface area contributed by atoms with E-state index >= 15 is 0 Å². The molecule has 0 saturated carbocycles. The molecule has 0 atom stereocenters.